The van der Waals surface area contributed by atoms with E-state index in [0.29, 0.717) is 29.9 Å². The van der Waals surface area contributed by atoms with E-state index in [9.17, 15) is 10.1 Å². The zero-order valence-corrected chi connectivity index (χ0v) is 19.5. The Bertz CT molecular complexity index is 1150. The number of ketones is 1. The van der Waals surface area contributed by atoms with Gasteiger partial charge < -0.3 is 10.1 Å². The molecule has 4 heteroatoms. The van der Waals surface area contributed by atoms with E-state index in [1.807, 2.05) is 52.0 Å². The molecule has 4 nitrogen and oxygen atoms in total. The molecule has 0 radical (unpaired) electrons. The first-order chi connectivity index (χ1) is 15.3. The second-order valence-corrected chi connectivity index (χ2v) is 7.84. The van der Waals surface area contributed by atoms with E-state index in [4.69, 9.17) is 10.1 Å². The van der Waals surface area contributed by atoms with Crippen molar-refractivity contribution < 1.29 is 9.53 Å². The molecule has 0 bridgehead atoms. The fraction of sp³-hybridized carbons (Fsp3) is 0.286. The quantitative estimate of drug-likeness (QED) is 0.163. The molecule has 0 saturated carbocycles. The van der Waals surface area contributed by atoms with E-state index in [2.05, 4.69) is 18.4 Å². The van der Waals surface area contributed by atoms with Gasteiger partial charge in [0.15, 0.2) is 11.5 Å². The molecule has 1 aromatic carbocycles. The van der Waals surface area contributed by atoms with Crippen LogP contribution in [0.15, 0.2) is 82.4 Å². The number of carbonyl (C=O) groups is 1. The number of carbonyl (C=O) groups excluding carboxylic acids is 1. The minimum Gasteiger partial charge on any atom is -0.485 e. The molecule has 0 spiro atoms. The third-order valence-electron chi connectivity index (χ3n) is 5.69. The summed E-state index contributed by atoms with van der Waals surface area (Å²) >= 11 is 0. The van der Waals surface area contributed by atoms with E-state index >= 15 is 0 Å². The molecule has 1 aliphatic carbocycles. The standard InChI is InChI=1S/C28H30N2O2/c1-7-18(2)26(22(6)31)28(24-13-12-23(17-30)16-20(24)4)27-21(5)19(3)10-8-11-25(27)32-15-9-14-29/h7-8,10,12-14,16,28-29H,1,9,15H2,2-6H3/b26-18-,29-14?. The van der Waals surface area contributed by atoms with Crippen molar-refractivity contribution in [3.63, 3.8) is 0 Å². The van der Waals surface area contributed by atoms with Crippen LogP contribution >= 0.6 is 0 Å². The summed E-state index contributed by atoms with van der Waals surface area (Å²) in [5.41, 5.74) is 9.98. The van der Waals surface area contributed by atoms with Crippen molar-refractivity contribution in [3.8, 4) is 6.07 Å². The van der Waals surface area contributed by atoms with Crippen molar-refractivity contribution in [1.82, 2.24) is 0 Å². The number of allylic oxidation sites excluding steroid dienone is 7. The summed E-state index contributed by atoms with van der Waals surface area (Å²) in [6, 6.07) is 7.72. The summed E-state index contributed by atoms with van der Waals surface area (Å²) in [4.78, 5) is 13.0. The predicted molar refractivity (Wildman–Crippen MR) is 130 cm³/mol. The maximum Gasteiger partial charge on any atom is 0.166 e. The summed E-state index contributed by atoms with van der Waals surface area (Å²) in [5, 5.41) is 16.7. The number of nitrogens with zero attached hydrogens (tertiary/aromatic N) is 1. The first-order valence-corrected chi connectivity index (χ1v) is 10.6. The van der Waals surface area contributed by atoms with Gasteiger partial charge in [-0.1, -0.05) is 30.5 Å². The molecule has 0 heterocycles. The van der Waals surface area contributed by atoms with Gasteiger partial charge in [-0.2, -0.15) is 5.26 Å². The van der Waals surface area contributed by atoms with Crippen LogP contribution in [-0.4, -0.2) is 18.6 Å². The topological polar surface area (TPSA) is 73.9 Å². The van der Waals surface area contributed by atoms with E-state index in [1.54, 1.807) is 19.1 Å². The highest BCUT2D eigenvalue weighted by Gasteiger charge is 2.32. The van der Waals surface area contributed by atoms with Crippen LogP contribution in [0.3, 0.4) is 0 Å². The normalized spacial score (nSPS) is 15.0. The van der Waals surface area contributed by atoms with Gasteiger partial charge >= 0.3 is 0 Å². The van der Waals surface area contributed by atoms with Gasteiger partial charge in [-0.3, -0.25) is 4.79 Å². The number of aryl methyl sites for hydroxylation is 1. The van der Waals surface area contributed by atoms with Gasteiger partial charge in [-0.25, -0.2) is 0 Å². The van der Waals surface area contributed by atoms with Gasteiger partial charge in [0.1, 0.15) is 0 Å². The molecule has 0 saturated heterocycles. The molecule has 0 aromatic heterocycles. The largest absolute Gasteiger partial charge is 0.485 e. The fourth-order valence-electron chi connectivity index (χ4n) is 3.86. The number of nitrogens with one attached hydrogen (secondary N) is 1. The second-order valence-electron chi connectivity index (χ2n) is 7.84. The van der Waals surface area contributed by atoms with Gasteiger partial charge in [0.05, 0.1) is 18.2 Å². The zero-order valence-electron chi connectivity index (χ0n) is 19.5. The lowest BCUT2D eigenvalue weighted by molar-refractivity contribution is -0.113. The molecule has 2 rings (SSSR count). The van der Waals surface area contributed by atoms with E-state index in [1.165, 1.54) is 6.21 Å². The lowest BCUT2D eigenvalue weighted by Crippen LogP contribution is -2.18. The highest BCUT2D eigenvalue weighted by atomic mass is 16.5. The number of rotatable bonds is 9. The van der Waals surface area contributed by atoms with Crippen LogP contribution < -0.4 is 0 Å². The zero-order chi connectivity index (χ0) is 23.8. The second kappa shape index (κ2) is 11.1. The van der Waals surface area contributed by atoms with E-state index in [-0.39, 0.29) is 5.78 Å². The average Bonchev–Trinajstić information content (AvgIpc) is 2.90. The van der Waals surface area contributed by atoms with Crippen LogP contribution in [0.5, 0.6) is 0 Å². The van der Waals surface area contributed by atoms with Gasteiger partial charge in [-0.05, 0) is 86.9 Å². The van der Waals surface area contributed by atoms with Crippen molar-refractivity contribution in [2.45, 2.75) is 47.0 Å². The van der Waals surface area contributed by atoms with Crippen LogP contribution in [0.2, 0.25) is 0 Å². The van der Waals surface area contributed by atoms with Crippen molar-refractivity contribution in [2.75, 3.05) is 6.61 Å². The Labute approximate surface area is 191 Å². The highest BCUT2D eigenvalue weighted by Crippen LogP contribution is 2.43. The third kappa shape index (κ3) is 5.32. The molecule has 0 fully saturated rings. The van der Waals surface area contributed by atoms with Crippen molar-refractivity contribution in [3.05, 3.63) is 99.1 Å². The highest BCUT2D eigenvalue weighted by molar-refractivity contribution is 5.97. The van der Waals surface area contributed by atoms with E-state index in [0.717, 1.165) is 33.4 Å². The maximum atomic E-state index is 13.0. The Hall–Kier alpha value is -3.67. The number of benzene rings is 1. The SMILES string of the molecule is C=C/C(C)=C(/C(C)=O)C(C1=C(C)C(C)=CC=C=C1OCCC=N)c1ccc(C#N)cc1C. The summed E-state index contributed by atoms with van der Waals surface area (Å²) in [7, 11) is 0. The van der Waals surface area contributed by atoms with Gasteiger partial charge in [-0.15, -0.1) is 0 Å². The molecule has 1 atom stereocenters. The molecule has 1 N–H and O–H groups in total. The summed E-state index contributed by atoms with van der Waals surface area (Å²) in [6.45, 7) is 13.7. The molecule has 164 valence electrons. The maximum absolute atomic E-state index is 13.0. The predicted octanol–water partition coefficient (Wildman–Crippen LogP) is 6.41. The number of hydrogen-bond acceptors (Lipinski definition) is 4. The number of nitriles is 1. The van der Waals surface area contributed by atoms with Crippen LogP contribution in [-0.2, 0) is 9.53 Å². The smallest absolute Gasteiger partial charge is 0.166 e. The molecule has 32 heavy (non-hydrogen) atoms. The first kappa shape index (κ1) is 24.6. The number of ether oxygens (including phenoxy) is 1. The van der Waals surface area contributed by atoms with E-state index < -0.39 is 5.92 Å². The molecule has 1 aromatic rings. The molecule has 1 unspecified atom stereocenters. The number of hydrogen-bond donors (Lipinski definition) is 1. The van der Waals surface area contributed by atoms with Crippen LogP contribution in [0.1, 0.15) is 56.7 Å². The summed E-state index contributed by atoms with van der Waals surface area (Å²) in [5.74, 6) is 0.0857. The minimum absolute atomic E-state index is 0.0508. The monoisotopic (exact) mass is 426 g/mol. The van der Waals surface area contributed by atoms with Gasteiger partial charge in [0.25, 0.3) is 0 Å². The Balaban J connectivity index is 2.92. The van der Waals surface area contributed by atoms with Crippen LogP contribution in [0.4, 0.5) is 0 Å². The molecular formula is C28H30N2O2. The van der Waals surface area contributed by atoms with Crippen LogP contribution in [0, 0.1) is 23.7 Å². The van der Waals surface area contributed by atoms with Crippen LogP contribution in [0.25, 0.3) is 0 Å². The lowest BCUT2D eigenvalue weighted by Gasteiger charge is -2.28. The molecule has 0 amide bonds. The molecular weight excluding hydrogens is 396 g/mol. The summed E-state index contributed by atoms with van der Waals surface area (Å²) < 4.78 is 6.09. The Kier molecular flexibility index (Phi) is 8.53. The Morgan fingerprint density at radius 3 is 2.59 bits per heavy atom. The van der Waals surface area contributed by atoms with Crippen molar-refractivity contribution in [2.24, 2.45) is 0 Å². The van der Waals surface area contributed by atoms with Crippen molar-refractivity contribution in [1.29, 1.82) is 10.7 Å². The summed E-state index contributed by atoms with van der Waals surface area (Å²) in [6.07, 6.45) is 7.29. The number of Topliss-reactive ketones (excluding diaryl/α,β-unsaturated/α-hetero) is 1. The average molecular weight is 427 g/mol. The Morgan fingerprint density at radius 1 is 1.31 bits per heavy atom. The molecule has 0 aliphatic heterocycles. The molecule has 1 aliphatic rings. The third-order valence-corrected chi connectivity index (χ3v) is 5.69. The first-order valence-electron chi connectivity index (χ1n) is 10.6. The lowest BCUT2D eigenvalue weighted by atomic mass is 9.76. The Morgan fingerprint density at radius 2 is 2.03 bits per heavy atom. The fourth-order valence-corrected chi connectivity index (χ4v) is 3.86. The van der Waals surface area contributed by atoms with Crippen molar-refractivity contribution >= 4 is 12.0 Å². The van der Waals surface area contributed by atoms with Gasteiger partial charge in [0.2, 0.25) is 0 Å². The van der Waals surface area contributed by atoms with Gasteiger partial charge in [0, 0.05) is 23.5 Å². The minimum atomic E-state index is -0.421.